The maximum absolute atomic E-state index is 2.44. The summed E-state index contributed by atoms with van der Waals surface area (Å²) in [7, 11) is 0. The van der Waals surface area contributed by atoms with Gasteiger partial charge in [0.25, 0.3) is 0 Å². The molecule has 0 saturated carbocycles. The van der Waals surface area contributed by atoms with E-state index in [9.17, 15) is 0 Å². The van der Waals surface area contributed by atoms with Crippen LogP contribution in [0.5, 0.6) is 0 Å². The molecule has 9 aromatic rings. The fourth-order valence-electron chi connectivity index (χ4n) is 6.62. The largest absolute Gasteiger partial charge is 0.309 e. The Bertz CT molecular complexity index is 2250. The van der Waals surface area contributed by atoms with Crippen molar-refractivity contribution in [3.05, 3.63) is 133 Å². The minimum atomic E-state index is 1.19. The first kappa shape index (κ1) is 20.0. The SMILES string of the molecule is c1ccc(-n2c3ccccc3c3cc(-c4cc5c6ccccc6n6c7ccccc7c(c4)c56)ccc32)cc1. The summed E-state index contributed by atoms with van der Waals surface area (Å²) < 4.78 is 4.82. The summed E-state index contributed by atoms with van der Waals surface area (Å²) in [6.07, 6.45) is 0. The highest BCUT2D eigenvalue weighted by Gasteiger charge is 2.19. The fraction of sp³-hybridized carbons (Fsp3) is 0. The Hall–Kier alpha value is -5.08. The van der Waals surface area contributed by atoms with Crippen LogP contribution in [0.4, 0.5) is 0 Å². The summed E-state index contributed by atoms with van der Waals surface area (Å²) in [6.45, 7) is 0. The van der Waals surface area contributed by atoms with Gasteiger partial charge in [0.1, 0.15) is 0 Å². The van der Waals surface area contributed by atoms with Gasteiger partial charge in [0, 0.05) is 38.0 Å². The van der Waals surface area contributed by atoms with Crippen LogP contribution in [0, 0.1) is 0 Å². The molecule has 0 bridgehead atoms. The summed E-state index contributed by atoms with van der Waals surface area (Å²) >= 11 is 0. The standard InChI is InChI=1S/C36H22N2/c1-2-10-25(11-3-1)37-32-15-7-4-12-26(32)29-20-23(18-19-35(29)37)24-21-30-27-13-5-8-16-33(27)38-34-17-9-6-14-28(34)31(22-24)36(30)38/h1-22H. The van der Waals surface area contributed by atoms with Crippen LogP contribution < -0.4 is 0 Å². The maximum Gasteiger partial charge on any atom is 0.0620 e. The molecule has 0 amide bonds. The fourth-order valence-corrected chi connectivity index (χ4v) is 6.62. The molecule has 0 aliphatic carbocycles. The molecule has 38 heavy (non-hydrogen) atoms. The first-order chi connectivity index (χ1) is 18.9. The number of para-hydroxylation sites is 4. The van der Waals surface area contributed by atoms with E-state index in [1.54, 1.807) is 0 Å². The number of nitrogens with zero attached hydrogens (tertiary/aromatic N) is 2. The minimum Gasteiger partial charge on any atom is -0.309 e. The first-order valence-electron chi connectivity index (χ1n) is 13.1. The van der Waals surface area contributed by atoms with E-state index >= 15 is 0 Å². The molecule has 0 radical (unpaired) electrons. The quantitative estimate of drug-likeness (QED) is 0.232. The van der Waals surface area contributed by atoms with Gasteiger partial charge in [-0.25, -0.2) is 0 Å². The second-order valence-corrected chi connectivity index (χ2v) is 10.2. The van der Waals surface area contributed by atoms with E-state index in [0.717, 1.165) is 0 Å². The highest BCUT2D eigenvalue weighted by Crippen LogP contribution is 2.42. The number of hydrogen-bond donors (Lipinski definition) is 0. The van der Waals surface area contributed by atoms with E-state index in [0.29, 0.717) is 0 Å². The molecule has 2 nitrogen and oxygen atoms in total. The number of aromatic nitrogens is 2. The molecule has 6 aromatic carbocycles. The van der Waals surface area contributed by atoms with Crippen LogP contribution in [-0.4, -0.2) is 8.97 Å². The lowest BCUT2D eigenvalue weighted by molar-refractivity contribution is 1.18. The Morgan fingerprint density at radius 3 is 1.50 bits per heavy atom. The van der Waals surface area contributed by atoms with Crippen molar-refractivity contribution in [1.82, 2.24) is 8.97 Å². The molecular weight excluding hydrogens is 460 g/mol. The molecule has 0 fully saturated rings. The zero-order valence-corrected chi connectivity index (χ0v) is 20.6. The lowest BCUT2D eigenvalue weighted by Gasteiger charge is -2.08. The maximum atomic E-state index is 2.44. The molecule has 3 aromatic heterocycles. The molecule has 3 heterocycles. The Kier molecular flexibility index (Phi) is 3.82. The Morgan fingerprint density at radius 1 is 0.342 bits per heavy atom. The molecule has 2 heteroatoms. The lowest BCUT2D eigenvalue weighted by Crippen LogP contribution is -1.92. The van der Waals surface area contributed by atoms with E-state index in [1.165, 1.54) is 76.7 Å². The van der Waals surface area contributed by atoms with Crippen molar-refractivity contribution < 1.29 is 0 Å². The number of hydrogen-bond acceptors (Lipinski definition) is 0. The van der Waals surface area contributed by atoms with Crippen molar-refractivity contribution in [2.75, 3.05) is 0 Å². The Balaban J connectivity index is 1.38. The van der Waals surface area contributed by atoms with Crippen molar-refractivity contribution in [2.45, 2.75) is 0 Å². The first-order valence-corrected chi connectivity index (χ1v) is 13.1. The minimum absolute atomic E-state index is 1.19. The third-order valence-corrected chi connectivity index (χ3v) is 8.22. The van der Waals surface area contributed by atoms with Gasteiger partial charge in [0.15, 0.2) is 0 Å². The summed E-state index contributed by atoms with van der Waals surface area (Å²) in [5.74, 6) is 0. The van der Waals surface area contributed by atoms with Crippen molar-refractivity contribution in [3.8, 4) is 16.8 Å². The topological polar surface area (TPSA) is 9.34 Å². The van der Waals surface area contributed by atoms with Gasteiger partial charge in [0.2, 0.25) is 0 Å². The van der Waals surface area contributed by atoms with Gasteiger partial charge in [-0.2, -0.15) is 0 Å². The van der Waals surface area contributed by atoms with Crippen LogP contribution >= 0.6 is 0 Å². The molecule has 0 saturated heterocycles. The smallest absolute Gasteiger partial charge is 0.0620 e. The van der Waals surface area contributed by atoms with Crippen LogP contribution in [0.1, 0.15) is 0 Å². The third kappa shape index (κ3) is 2.51. The van der Waals surface area contributed by atoms with E-state index in [2.05, 4.69) is 142 Å². The monoisotopic (exact) mass is 482 g/mol. The highest BCUT2D eigenvalue weighted by molar-refractivity contribution is 6.24. The van der Waals surface area contributed by atoms with Crippen LogP contribution in [0.3, 0.4) is 0 Å². The molecule has 0 aliphatic heterocycles. The number of benzene rings is 6. The molecule has 0 N–H and O–H groups in total. The van der Waals surface area contributed by atoms with Crippen molar-refractivity contribution in [3.63, 3.8) is 0 Å². The third-order valence-electron chi connectivity index (χ3n) is 8.22. The van der Waals surface area contributed by atoms with Gasteiger partial charge in [-0.3, -0.25) is 0 Å². The summed E-state index contributed by atoms with van der Waals surface area (Å²) in [5.41, 5.74) is 10.0. The van der Waals surface area contributed by atoms with Crippen molar-refractivity contribution >= 4 is 59.9 Å². The van der Waals surface area contributed by atoms with Crippen LogP contribution in [-0.2, 0) is 0 Å². The summed E-state index contributed by atoms with van der Waals surface area (Å²) in [4.78, 5) is 0. The molecule has 0 unspecified atom stereocenters. The van der Waals surface area contributed by atoms with Crippen LogP contribution in [0.15, 0.2) is 133 Å². The van der Waals surface area contributed by atoms with Crippen LogP contribution in [0.2, 0.25) is 0 Å². The predicted molar refractivity (Wildman–Crippen MR) is 161 cm³/mol. The number of rotatable bonds is 2. The molecule has 0 atom stereocenters. The summed E-state index contributed by atoms with van der Waals surface area (Å²) in [5, 5.41) is 7.80. The Labute approximate surface area is 218 Å². The highest BCUT2D eigenvalue weighted by atomic mass is 15.0. The summed E-state index contributed by atoms with van der Waals surface area (Å²) in [6, 6.07) is 48.7. The lowest BCUT2D eigenvalue weighted by atomic mass is 9.98. The van der Waals surface area contributed by atoms with E-state index in [-0.39, 0.29) is 0 Å². The normalized spacial score (nSPS) is 12.2. The van der Waals surface area contributed by atoms with Gasteiger partial charge >= 0.3 is 0 Å². The number of fused-ring (bicyclic) bond motifs is 9. The molecule has 176 valence electrons. The van der Waals surface area contributed by atoms with E-state index in [4.69, 9.17) is 0 Å². The average molecular weight is 483 g/mol. The van der Waals surface area contributed by atoms with Gasteiger partial charge in [-0.1, -0.05) is 78.9 Å². The molecule has 0 aliphatic rings. The zero-order chi connectivity index (χ0) is 24.8. The van der Waals surface area contributed by atoms with Gasteiger partial charge < -0.3 is 8.97 Å². The zero-order valence-electron chi connectivity index (χ0n) is 20.6. The van der Waals surface area contributed by atoms with Gasteiger partial charge in [-0.05, 0) is 65.7 Å². The second-order valence-electron chi connectivity index (χ2n) is 10.2. The molecule has 0 spiro atoms. The predicted octanol–water partition coefficient (Wildman–Crippen LogP) is 9.60. The van der Waals surface area contributed by atoms with Gasteiger partial charge in [0.05, 0.1) is 27.6 Å². The van der Waals surface area contributed by atoms with E-state index in [1.807, 2.05) is 0 Å². The van der Waals surface area contributed by atoms with E-state index < -0.39 is 0 Å². The van der Waals surface area contributed by atoms with Crippen LogP contribution in [0.25, 0.3) is 76.7 Å². The molecule has 9 rings (SSSR count). The molecular formula is C36H22N2. The van der Waals surface area contributed by atoms with Crippen molar-refractivity contribution in [1.29, 1.82) is 0 Å². The average Bonchev–Trinajstić information content (AvgIpc) is 3.62. The van der Waals surface area contributed by atoms with Crippen molar-refractivity contribution in [2.24, 2.45) is 0 Å². The van der Waals surface area contributed by atoms with Gasteiger partial charge in [-0.15, -0.1) is 0 Å². The second kappa shape index (κ2) is 7.24. The Morgan fingerprint density at radius 2 is 0.842 bits per heavy atom.